The lowest BCUT2D eigenvalue weighted by Gasteiger charge is -2.14. The fraction of sp³-hybridized carbons (Fsp3) is 0.200. The standard InChI is InChI=1S/C20H21FN4O/c1-15(17-7-9-18(21)10-8-17)23-20(26)22-13-19-11-12-25(24-19)14-16-5-3-2-4-6-16/h2-12,15H,13-14H2,1H3,(H2,22,23,26). The number of hydrogen-bond donors (Lipinski definition) is 2. The first kappa shape index (κ1) is 17.7. The number of carbonyl (C=O) groups is 1. The molecule has 26 heavy (non-hydrogen) atoms. The van der Waals surface area contributed by atoms with Crippen LogP contribution in [0.2, 0.25) is 0 Å². The maximum Gasteiger partial charge on any atom is 0.315 e. The van der Waals surface area contributed by atoms with E-state index in [2.05, 4.69) is 15.7 Å². The van der Waals surface area contributed by atoms with E-state index in [4.69, 9.17) is 0 Å². The van der Waals surface area contributed by atoms with Crippen molar-refractivity contribution >= 4 is 6.03 Å². The van der Waals surface area contributed by atoms with Gasteiger partial charge in [0.25, 0.3) is 0 Å². The van der Waals surface area contributed by atoms with E-state index in [-0.39, 0.29) is 17.9 Å². The van der Waals surface area contributed by atoms with Crippen molar-refractivity contribution in [2.75, 3.05) is 0 Å². The van der Waals surface area contributed by atoms with Crippen molar-refractivity contribution in [3.63, 3.8) is 0 Å². The molecule has 0 saturated carbocycles. The van der Waals surface area contributed by atoms with Crippen LogP contribution in [0.5, 0.6) is 0 Å². The van der Waals surface area contributed by atoms with Crippen LogP contribution >= 0.6 is 0 Å². The highest BCUT2D eigenvalue weighted by atomic mass is 19.1. The van der Waals surface area contributed by atoms with Gasteiger partial charge in [0.1, 0.15) is 5.82 Å². The van der Waals surface area contributed by atoms with Crippen molar-refractivity contribution in [2.45, 2.75) is 26.1 Å². The van der Waals surface area contributed by atoms with Crippen LogP contribution < -0.4 is 10.6 Å². The Hall–Kier alpha value is -3.15. The van der Waals surface area contributed by atoms with Crippen molar-refractivity contribution in [1.29, 1.82) is 0 Å². The molecule has 2 N–H and O–H groups in total. The van der Waals surface area contributed by atoms with E-state index < -0.39 is 0 Å². The third-order valence-corrected chi connectivity index (χ3v) is 4.03. The van der Waals surface area contributed by atoms with E-state index in [0.29, 0.717) is 13.1 Å². The molecule has 0 spiro atoms. The molecule has 0 radical (unpaired) electrons. The summed E-state index contributed by atoms with van der Waals surface area (Å²) in [6.07, 6.45) is 1.89. The lowest BCUT2D eigenvalue weighted by Crippen LogP contribution is -2.36. The summed E-state index contributed by atoms with van der Waals surface area (Å²) >= 11 is 0. The van der Waals surface area contributed by atoms with Crippen LogP contribution in [0.25, 0.3) is 0 Å². The molecule has 1 unspecified atom stereocenters. The first-order valence-corrected chi connectivity index (χ1v) is 8.46. The molecule has 1 aromatic heterocycles. The molecule has 1 atom stereocenters. The topological polar surface area (TPSA) is 59.0 Å². The minimum Gasteiger partial charge on any atom is -0.332 e. The highest BCUT2D eigenvalue weighted by Gasteiger charge is 2.10. The Bertz CT molecular complexity index is 846. The van der Waals surface area contributed by atoms with Gasteiger partial charge < -0.3 is 10.6 Å². The van der Waals surface area contributed by atoms with Gasteiger partial charge in [-0.25, -0.2) is 9.18 Å². The number of hydrogen-bond acceptors (Lipinski definition) is 2. The summed E-state index contributed by atoms with van der Waals surface area (Å²) in [6, 6.07) is 17.5. The van der Waals surface area contributed by atoms with Gasteiger partial charge in [-0.3, -0.25) is 4.68 Å². The van der Waals surface area contributed by atoms with Crippen molar-refractivity contribution < 1.29 is 9.18 Å². The van der Waals surface area contributed by atoms with Crippen LogP contribution in [-0.2, 0) is 13.1 Å². The van der Waals surface area contributed by atoms with Gasteiger partial charge in [0.15, 0.2) is 0 Å². The second-order valence-corrected chi connectivity index (χ2v) is 6.09. The number of aromatic nitrogens is 2. The molecule has 2 amide bonds. The first-order valence-electron chi connectivity index (χ1n) is 8.46. The quantitative estimate of drug-likeness (QED) is 0.712. The Morgan fingerprint density at radius 1 is 1.12 bits per heavy atom. The zero-order chi connectivity index (χ0) is 18.4. The predicted molar refractivity (Wildman–Crippen MR) is 98.0 cm³/mol. The van der Waals surface area contributed by atoms with Gasteiger partial charge in [0.2, 0.25) is 0 Å². The number of urea groups is 1. The van der Waals surface area contributed by atoms with Crippen LogP contribution in [0.1, 0.15) is 29.8 Å². The molecule has 6 heteroatoms. The van der Waals surface area contributed by atoms with Gasteiger partial charge in [-0.15, -0.1) is 0 Å². The normalized spacial score (nSPS) is 11.8. The number of carbonyl (C=O) groups excluding carboxylic acids is 1. The van der Waals surface area contributed by atoms with Crippen molar-refractivity contribution in [1.82, 2.24) is 20.4 Å². The Morgan fingerprint density at radius 2 is 1.85 bits per heavy atom. The molecule has 0 saturated heterocycles. The van der Waals surface area contributed by atoms with Crippen molar-refractivity contribution in [3.8, 4) is 0 Å². The first-order chi connectivity index (χ1) is 12.6. The minimum absolute atomic E-state index is 0.216. The second-order valence-electron chi connectivity index (χ2n) is 6.09. The van der Waals surface area contributed by atoms with E-state index in [1.54, 1.807) is 12.1 Å². The Labute approximate surface area is 151 Å². The van der Waals surface area contributed by atoms with Crippen molar-refractivity contribution in [3.05, 3.63) is 89.5 Å². The lowest BCUT2D eigenvalue weighted by molar-refractivity contribution is 0.237. The molecule has 3 rings (SSSR count). The van der Waals surface area contributed by atoms with Crippen LogP contribution in [0.15, 0.2) is 66.9 Å². The maximum atomic E-state index is 13.0. The van der Waals surface area contributed by atoms with E-state index in [1.807, 2.05) is 54.2 Å². The van der Waals surface area contributed by atoms with Crippen LogP contribution in [0.3, 0.4) is 0 Å². The zero-order valence-electron chi connectivity index (χ0n) is 14.5. The molecule has 3 aromatic rings. The van der Waals surface area contributed by atoms with E-state index >= 15 is 0 Å². The van der Waals surface area contributed by atoms with Crippen LogP contribution in [0, 0.1) is 5.82 Å². The van der Waals surface area contributed by atoms with Crippen LogP contribution in [0.4, 0.5) is 9.18 Å². The zero-order valence-corrected chi connectivity index (χ0v) is 14.5. The molecule has 0 aliphatic rings. The number of halogens is 1. The van der Waals surface area contributed by atoms with Gasteiger partial charge in [-0.2, -0.15) is 5.10 Å². The third kappa shape index (κ3) is 4.92. The molecule has 134 valence electrons. The summed E-state index contributed by atoms with van der Waals surface area (Å²) < 4.78 is 14.8. The summed E-state index contributed by atoms with van der Waals surface area (Å²) in [5.41, 5.74) is 2.79. The molecule has 0 bridgehead atoms. The molecule has 0 aliphatic heterocycles. The fourth-order valence-electron chi connectivity index (χ4n) is 2.61. The number of amides is 2. The molecule has 0 aliphatic carbocycles. The average molecular weight is 352 g/mol. The number of nitrogens with zero attached hydrogens (tertiary/aromatic N) is 2. The van der Waals surface area contributed by atoms with Crippen molar-refractivity contribution in [2.24, 2.45) is 0 Å². The SMILES string of the molecule is CC(NC(=O)NCc1ccn(Cc2ccccc2)n1)c1ccc(F)cc1. The highest BCUT2D eigenvalue weighted by molar-refractivity contribution is 5.74. The smallest absolute Gasteiger partial charge is 0.315 e. The van der Waals surface area contributed by atoms with E-state index in [0.717, 1.165) is 11.3 Å². The minimum atomic E-state index is -0.295. The molecule has 5 nitrogen and oxygen atoms in total. The monoisotopic (exact) mass is 352 g/mol. The van der Waals surface area contributed by atoms with E-state index in [1.165, 1.54) is 17.7 Å². The average Bonchev–Trinajstić information content (AvgIpc) is 3.09. The molecule has 2 aromatic carbocycles. The van der Waals surface area contributed by atoms with Gasteiger partial charge in [-0.05, 0) is 36.2 Å². The van der Waals surface area contributed by atoms with Gasteiger partial charge >= 0.3 is 6.03 Å². The highest BCUT2D eigenvalue weighted by Crippen LogP contribution is 2.12. The van der Waals surface area contributed by atoms with E-state index in [9.17, 15) is 9.18 Å². The Balaban J connectivity index is 1.48. The maximum absolute atomic E-state index is 13.0. The summed E-state index contributed by atoms with van der Waals surface area (Å²) in [5, 5.41) is 10.1. The number of benzene rings is 2. The molecule has 1 heterocycles. The Morgan fingerprint density at radius 3 is 2.58 bits per heavy atom. The Kier molecular flexibility index (Phi) is 5.63. The molecule has 0 fully saturated rings. The summed E-state index contributed by atoms with van der Waals surface area (Å²) in [6.45, 7) is 2.87. The fourth-order valence-corrected chi connectivity index (χ4v) is 2.61. The van der Waals surface area contributed by atoms with Crippen LogP contribution in [-0.4, -0.2) is 15.8 Å². The lowest BCUT2D eigenvalue weighted by atomic mass is 10.1. The predicted octanol–water partition coefficient (Wildman–Crippen LogP) is 3.63. The summed E-state index contributed by atoms with van der Waals surface area (Å²) in [4.78, 5) is 12.0. The largest absolute Gasteiger partial charge is 0.332 e. The summed E-state index contributed by atoms with van der Waals surface area (Å²) in [7, 11) is 0. The third-order valence-electron chi connectivity index (χ3n) is 4.03. The number of nitrogens with one attached hydrogen (secondary N) is 2. The van der Waals surface area contributed by atoms with Gasteiger partial charge in [0.05, 0.1) is 24.8 Å². The van der Waals surface area contributed by atoms with Gasteiger partial charge in [-0.1, -0.05) is 42.5 Å². The number of rotatable bonds is 6. The molecular formula is C20H21FN4O. The van der Waals surface area contributed by atoms with Gasteiger partial charge in [0, 0.05) is 6.20 Å². The second kappa shape index (κ2) is 8.29. The molecular weight excluding hydrogens is 331 g/mol. The summed E-state index contributed by atoms with van der Waals surface area (Å²) in [5.74, 6) is -0.295.